The summed E-state index contributed by atoms with van der Waals surface area (Å²) in [6, 6.07) is 14.8. The van der Waals surface area contributed by atoms with Crippen molar-refractivity contribution in [3.8, 4) is 23.0 Å². The fourth-order valence-corrected chi connectivity index (χ4v) is 5.60. The molecule has 29 heavy (non-hydrogen) atoms. The van der Waals surface area contributed by atoms with E-state index in [-0.39, 0.29) is 0 Å². The lowest BCUT2D eigenvalue weighted by Gasteiger charge is -2.40. The Labute approximate surface area is 173 Å². The van der Waals surface area contributed by atoms with Crippen LogP contribution in [-0.4, -0.2) is 70.2 Å². The molecule has 160 valence electrons. The molecule has 2 aromatic carbocycles. The lowest BCUT2D eigenvalue weighted by Crippen LogP contribution is -2.35. The first-order valence-corrected chi connectivity index (χ1v) is 10.7. The summed E-state index contributed by atoms with van der Waals surface area (Å²) in [6.45, 7) is 0.339. The zero-order chi connectivity index (χ0) is 21.4. The van der Waals surface area contributed by atoms with E-state index in [9.17, 15) is 0 Å². The summed E-state index contributed by atoms with van der Waals surface area (Å²) < 4.78 is 22.5. The molecule has 2 aromatic rings. The largest absolute Gasteiger partial charge is 0.497 e. The van der Waals surface area contributed by atoms with Crippen molar-refractivity contribution in [2.75, 3.05) is 56.2 Å². The van der Waals surface area contributed by atoms with Gasteiger partial charge in [-0.25, -0.2) is 14.0 Å². The van der Waals surface area contributed by atoms with E-state index in [1.165, 1.54) is 0 Å². The molecular formula is C20H31N4O4P. The second kappa shape index (κ2) is 10.5. The van der Waals surface area contributed by atoms with E-state index in [0.29, 0.717) is 12.5 Å². The van der Waals surface area contributed by atoms with E-state index in [4.69, 9.17) is 19.0 Å². The maximum Gasteiger partial charge on any atom is 0.213 e. The number of rotatable bonds is 10. The zero-order valence-electron chi connectivity index (χ0n) is 18.2. The number of benzene rings is 2. The van der Waals surface area contributed by atoms with Gasteiger partial charge in [-0.15, -0.1) is 0 Å². The highest BCUT2D eigenvalue weighted by molar-refractivity contribution is 7.58. The molecule has 0 saturated carbocycles. The van der Waals surface area contributed by atoms with Gasteiger partial charge in [0.25, 0.3) is 0 Å². The highest BCUT2D eigenvalue weighted by atomic mass is 31.2. The SMILES string of the molecule is COc1ccc(OCN(C)P(=NOc2ccc(OC)cc2)(N(C)C)N(C)C)cc1. The highest BCUT2D eigenvalue weighted by Crippen LogP contribution is 2.55. The zero-order valence-corrected chi connectivity index (χ0v) is 19.1. The standard InChI is InChI=1S/C20H31N4O4P/c1-22(2)29(23(3)4,21-28-20-14-10-18(26-7)11-15-20)24(5)16-27-19-12-8-17(25-6)9-13-19/h8-15H,16H2,1-7H3. The molecule has 0 amide bonds. The predicted octanol–water partition coefficient (Wildman–Crippen LogP) is 4.04. The minimum Gasteiger partial charge on any atom is -0.497 e. The van der Waals surface area contributed by atoms with Crippen LogP contribution in [0.4, 0.5) is 0 Å². The van der Waals surface area contributed by atoms with Crippen molar-refractivity contribution in [1.82, 2.24) is 14.0 Å². The predicted molar refractivity (Wildman–Crippen MR) is 117 cm³/mol. The number of ether oxygens (including phenoxy) is 3. The van der Waals surface area contributed by atoms with Gasteiger partial charge in [-0.2, -0.15) is 0 Å². The van der Waals surface area contributed by atoms with Crippen LogP contribution in [0, 0.1) is 0 Å². The third-order valence-corrected chi connectivity index (χ3v) is 7.80. The molecule has 0 bridgehead atoms. The number of hydrogen-bond donors (Lipinski definition) is 0. The van der Waals surface area contributed by atoms with Crippen molar-refractivity contribution in [3.05, 3.63) is 48.5 Å². The molecule has 0 N–H and O–H groups in total. The van der Waals surface area contributed by atoms with Gasteiger partial charge in [0.1, 0.15) is 24.0 Å². The molecule has 0 aliphatic rings. The van der Waals surface area contributed by atoms with Crippen LogP contribution in [0.15, 0.2) is 53.4 Å². The van der Waals surface area contributed by atoms with Gasteiger partial charge in [0, 0.05) is 0 Å². The molecule has 0 spiro atoms. The topological polar surface area (TPSA) is 59.0 Å². The van der Waals surface area contributed by atoms with E-state index in [1.807, 2.05) is 83.8 Å². The smallest absolute Gasteiger partial charge is 0.213 e. The molecular weight excluding hydrogens is 391 g/mol. The van der Waals surface area contributed by atoms with Gasteiger partial charge in [0.05, 0.1) is 14.2 Å². The maximum atomic E-state index is 5.97. The average Bonchev–Trinajstić information content (AvgIpc) is 2.73. The van der Waals surface area contributed by atoms with Gasteiger partial charge in [0.2, 0.25) is 7.51 Å². The fourth-order valence-electron chi connectivity index (χ4n) is 2.83. The first-order chi connectivity index (χ1) is 13.8. The second-order valence-electron chi connectivity index (χ2n) is 6.69. The number of methoxy groups -OCH3 is 2. The van der Waals surface area contributed by atoms with Gasteiger partial charge >= 0.3 is 0 Å². The quantitative estimate of drug-likeness (QED) is 0.325. The summed E-state index contributed by atoms with van der Waals surface area (Å²) in [5.41, 5.74) is 0. The van der Waals surface area contributed by atoms with E-state index >= 15 is 0 Å². The molecule has 0 radical (unpaired) electrons. The maximum absolute atomic E-state index is 5.97. The van der Waals surface area contributed by atoms with Gasteiger partial charge in [-0.3, -0.25) is 0 Å². The average molecular weight is 422 g/mol. The molecule has 2 rings (SSSR count). The Kier molecular flexibility index (Phi) is 8.34. The van der Waals surface area contributed by atoms with Gasteiger partial charge in [-0.1, -0.05) is 4.91 Å². The van der Waals surface area contributed by atoms with E-state index in [1.54, 1.807) is 14.2 Å². The molecule has 8 nitrogen and oxygen atoms in total. The third-order valence-electron chi connectivity index (χ3n) is 4.32. The minimum absolute atomic E-state index is 0.339. The number of nitrogens with zero attached hydrogens (tertiary/aromatic N) is 4. The van der Waals surface area contributed by atoms with Crippen LogP contribution in [0.5, 0.6) is 23.0 Å². The van der Waals surface area contributed by atoms with E-state index in [2.05, 4.69) is 18.9 Å². The molecule has 0 aliphatic heterocycles. The van der Waals surface area contributed by atoms with Crippen molar-refractivity contribution in [2.24, 2.45) is 4.91 Å². The molecule has 9 heteroatoms. The molecule has 0 aromatic heterocycles. The Balaban J connectivity index is 2.21. The van der Waals surface area contributed by atoms with Gasteiger partial charge in [-0.05, 0) is 83.8 Å². The van der Waals surface area contributed by atoms with Crippen LogP contribution in [0.2, 0.25) is 0 Å². The first kappa shape index (κ1) is 23.0. The van der Waals surface area contributed by atoms with E-state index < -0.39 is 7.51 Å². The van der Waals surface area contributed by atoms with Crippen LogP contribution in [0.3, 0.4) is 0 Å². The van der Waals surface area contributed by atoms with Crippen molar-refractivity contribution in [2.45, 2.75) is 0 Å². The Morgan fingerprint density at radius 3 is 1.52 bits per heavy atom. The van der Waals surface area contributed by atoms with Crippen molar-refractivity contribution < 1.29 is 19.0 Å². The van der Waals surface area contributed by atoms with Crippen LogP contribution in [0.25, 0.3) is 0 Å². The second-order valence-corrected chi connectivity index (χ2v) is 10.2. The summed E-state index contributed by atoms with van der Waals surface area (Å²) in [6.07, 6.45) is 0. The first-order valence-electron chi connectivity index (χ1n) is 9.10. The van der Waals surface area contributed by atoms with E-state index in [0.717, 1.165) is 17.2 Å². The summed E-state index contributed by atoms with van der Waals surface area (Å²) >= 11 is 0. The van der Waals surface area contributed by atoms with Gasteiger partial charge in [0.15, 0.2) is 5.75 Å². The Morgan fingerprint density at radius 1 is 0.690 bits per heavy atom. The fraction of sp³-hybridized carbons (Fsp3) is 0.400. The molecule has 0 unspecified atom stereocenters. The minimum atomic E-state index is -2.35. The lowest BCUT2D eigenvalue weighted by atomic mass is 10.3. The van der Waals surface area contributed by atoms with Crippen LogP contribution in [0.1, 0.15) is 0 Å². The summed E-state index contributed by atoms with van der Waals surface area (Å²) in [5, 5.41) is 0. The van der Waals surface area contributed by atoms with Crippen LogP contribution >= 0.6 is 7.51 Å². The normalized spacial score (nSPS) is 11.7. The monoisotopic (exact) mass is 422 g/mol. The number of hydrogen-bond acceptors (Lipinski definition) is 5. The highest BCUT2D eigenvalue weighted by Gasteiger charge is 2.33. The molecule has 0 heterocycles. The van der Waals surface area contributed by atoms with Gasteiger partial charge < -0.3 is 19.0 Å². The van der Waals surface area contributed by atoms with Crippen LogP contribution < -0.4 is 19.0 Å². The van der Waals surface area contributed by atoms with Crippen molar-refractivity contribution in [3.63, 3.8) is 0 Å². The Bertz CT molecular complexity index is 798. The Hall–Kier alpha value is -2.25. The molecule has 0 aliphatic carbocycles. The summed E-state index contributed by atoms with van der Waals surface area (Å²) in [7, 11) is 10.8. The third kappa shape index (κ3) is 5.64. The summed E-state index contributed by atoms with van der Waals surface area (Å²) in [5.74, 6) is 2.95. The van der Waals surface area contributed by atoms with Crippen molar-refractivity contribution >= 4 is 7.51 Å². The molecule has 0 fully saturated rings. The molecule has 0 saturated heterocycles. The summed E-state index contributed by atoms with van der Waals surface area (Å²) in [4.78, 5) is 10.5. The van der Waals surface area contributed by atoms with Crippen LogP contribution in [-0.2, 0) is 0 Å². The van der Waals surface area contributed by atoms with Crippen molar-refractivity contribution in [1.29, 1.82) is 0 Å². The Morgan fingerprint density at radius 2 is 1.10 bits per heavy atom. The molecule has 0 atom stereocenters. The lowest BCUT2D eigenvalue weighted by molar-refractivity contribution is 0.207.